The van der Waals surface area contributed by atoms with Crippen molar-refractivity contribution in [2.24, 2.45) is 0 Å². The summed E-state index contributed by atoms with van der Waals surface area (Å²) in [4.78, 5) is 23.3. The lowest BCUT2D eigenvalue weighted by molar-refractivity contribution is -0.118. The van der Waals surface area contributed by atoms with E-state index >= 15 is 0 Å². The molecule has 0 saturated heterocycles. The Kier molecular flexibility index (Phi) is 3.42. The summed E-state index contributed by atoms with van der Waals surface area (Å²) in [5.74, 6) is -0.266. The molecule has 1 N–H and O–H groups in total. The molecular weight excluding hydrogens is 226 g/mol. The van der Waals surface area contributed by atoms with Gasteiger partial charge in [-0.15, -0.1) is 0 Å². The third-order valence-corrected chi connectivity index (χ3v) is 2.99. The molecule has 0 radical (unpaired) electrons. The number of carbonyl (C=O) groups excluding carboxylic acids is 2. The quantitative estimate of drug-likeness (QED) is 0.897. The molecule has 3 heteroatoms. The van der Waals surface area contributed by atoms with Crippen molar-refractivity contribution in [2.45, 2.75) is 19.9 Å². The molecule has 0 saturated carbocycles. The highest BCUT2D eigenvalue weighted by molar-refractivity contribution is 6.08. The van der Waals surface area contributed by atoms with Gasteiger partial charge in [0.1, 0.15) is 0 Å². The zero-order valence-corrected chi connectivity index (χ0v) is 10.4. The summed E-state index contributed by atoms with van der Waals surface area (Å²) in [6.45, 7) is 3.15. The van der Waals surface area contributed by atoms with Gasteiger partial charge in [-0.25, -0.2) is 0 Å². The summed E-state index contributed by atoms with van der Waals surface area (Å²) in [6.07, 6.45) is 0. The molecule has 0 aromatic heterocycles. The first-order valence-electron chi connectivity index (χ1n) is 5.88. The maximum absolute atomic E-state index is 12.1. The van der Waals surface area contributed by atoms with E-state index in [0.717, 1.165) is 10.8 Å². The van der Waals surface area contributed by atoms with E-state index in [1.54, 1.807) is 13.0 Å². The molecule has 3 nitrogen and oxygen atoms in total. The van der Waals surface area contributed by atoms with Crippen LogP contribution < -0.4 is 5.32 Å². The Morgan fingerprint density at radius 3 is 2.44 bits per heavy atom. The molecule has 2 aromatic carbocycles. The van der Waals surface area contributed by atoms with Gasteiger partial charge < -0.3 is 5.32 Å². The molecule has 0 fully saturated rings. The maximum Gasteiger partial charge on any atom is 0.252 e. The molecule has 0 aliphatic heterocycles. The van der Waals surface area contributed by atoms with Gasteiger partial charge in [-0.3, -0.25) is 9.59 Å². The highest BCUT2D eigenvalue weighted by atomic mass is 16.2. The van der Waals surface area contributed by atoms with Gasteiger partial charge in [0.15, 0.2) is 5.78 Å². The van der Waals surface area contributed by atoms with Crippen LogP contribution in [0, 0.1) is 0 Å². The summed E-state index contributed by atoms with van der Waals surface area (Å²) in [7, 11) is 0. The molecule has 2 aromatic rings. The van der Waals surface area contributed by atoms with Crippen molar-refractivity contribution in [3.8, 4) is 0 Å². The standard InChI is InChI=1S/C15H15NO2/c1-10(11(2)17)16-15(18)14-9-5-7-12-6-3-4-8-13(12)14/h3-10H,1-2H3,(H,16,18). The predicted octanol–water partition coefficient (Wildman–Crippen LogP) is 2.55. The topological polar surface area (TPSA) is 46.2 Å². The summed E-state index contributed by atoms with van der Waals surface area (Å²) in [5.41, 5.74) is 0.598. The normalized spacial score (nSPS) is 12.1. The zero-order chi connectivity index (χ0) is 13.1. The third-order valence-electron chi connectivity index (χ3n) is 2.99. The molecular formula is C15H15NO2. The Hall–Kier alpha value is -2.16. The Labute approximate surface area is 106 Å². The van der Waals surface area contributed by atoms with Crippen molar-refractivity contribution in [3.63, 3.8) is 0 Å². The Bertz CT molecular complexity index is 599. The number of benzene rings is 2. The lowest BCUT2D eigenvalue weighted by Gasteiger charge is -2.12. The predicted molar refractivity (Wildman–Crippen MR) is 71.6 cm³/mol. The fourth-order valence-electron chi connectivity index (χ4n) is 1.80. The second-order valence-corrected chi connectivity index (χ2v) is 4.33. The minimum absolute atomic E-state index is 0.0522. The van der Waals surface area contributed by atoms with Crippen LogP contribution in [0.3, 0.4) is 0 Å². The molecule has 1 unspecified atom stereocenters. The third kappa shape index (κ3) is 2.40. The highest BCUT2D eigenvalue weighted by Gasteiger charge is 2.14. The smallest absolute Gasteiger partial charge is 0.252 e. The van der Waals surface area contributed by atoms with E-state index in [2.05, 4.69) is 5.32 Å². The molecule has 1 atom stereocenters. The molecule has 0 spiro atoms. The van der Waals surface area contributed by atoms with Gasteiger partial charge in [-0.05, 0) is 30.7 Å². The highest BCUT2D eigenvalue weighted by Crippen LogP contribution is 2.18. The Morgan fingerprint density at radius 1 is 1.06 bits per heavy atom. The van der Waals surface area contributed by atoms with Crippen molar-refractivity contribution >= 4 is 22.5 Å². The van der Waals surface area contributed by atoms with Crippen LogP contribution in [0.5, 0.6) is 0 Å². The second kappa shape index (κ2) is 5.00. The van der Waals surface area contributed by atoms with Crippen LogP contribution in [0.15, 0.2) is 42.5 Å². The SMILES string of the molecule is CC(=O)C(C)NC(=O)c1cccc2ccccc12. The monoisotopic (exact) mass is 241 g/mol. The van der Waals surface area contributed by atoms with Crippen molar-refractivity contribution in [2.75, 3.05) is 0 Å². The number of amides is 1. The van der Waals surface area contributed by atoms with Crippen LogP contribution in [0.2, 0.25) is 0 Å². The van der Waals surface area contributed by atoms with Gasteiger partial charge >= 0.3 is 0 Å². The van der Waals surface area contributed by atoms with Gasteiger partial charge in [-0.2, -0.15) is 0 Å². The van der Waals surface area contributed by atoms with E-state index in [1.807, 2.05) is 36.4 Å². The van der Waals surface area contributed by atoms with Crippen molar-refractivity contribution in [1.82, 2.24) is 5.32 Å². The van der Waals surface area contributed by atoms with Crippen molar-refractivity contribution < 1.29 is 9.59 Å². The zero-order valence-electron chi connectivity index (χ0n) is 10.4. The van der Waals surface area contributed by atoms with Crippen LogP contribution in [-0.4, -0.2) is 17.7 Å². The van der Waals surface area contributed by atoms with E-state index in [9.17, 15) is 9.59 Å². The number of nitrogens with one attached hydrogen (secondary N) is 1. The Balaban J connectivity index is 2.36. The first kappa shape index (κ1) is 12.3. The van der Waals surface area contributed by atoms with Crippen LogP contribution in [0.25, 0.3) is 10.8 Å². The average Bonchev–Trinajstić information content (AvgIpc) is 2.37. The molecule has 0 aliphatic rings. The van der Waals surface area contributed by atoms with Gasteiger partial charge in [0, 0.05) is 5.56 Å². The van der Waals surface area contributed by atoms with Gasteiger partial charge in [0.2, 0.25) is 0 Å². The molecule has 0 bridgehead atoms. The van der Waals surface area contributed by atoms with E-state index in [4.69, 9.17) is 0 Å². The van der Waals surface area contributed by atoms with E-state index in [0.29, 0.717) is 5.56 Å². The fourth-order valence-corrected chi connectivity index (χ4v) is 1.80. The summed E-state index contributed by atoms with van der Waals surface area (Å²) in [5, 5.41) is 4.61. The van der Waals surface area contributed by atoms with Gasteiger partial charge in [0.05, 0.1) is 6.04 Å². The average molecular weight is 241 g/mol. The lowest BCUT2D eigenvalue weighted by Crippen LogP contribution is -2.37. The fraction of sp³-hybridized carbons (Fsp3) is 0.200. The number of carbonyl (C=O) groups is 2. The number of hydrogen-bond donors (Lipinski definition) is 1. The van der Waals surface area contributed by atoms with E-state index in [-0.39, 0.29) is 11.7 Å². The minimum atomic E-state index is -0.462. The summed E-state index contributed by atoms with van der Waals surface area (Å²) >= 11 is 0. The molecule has 92 valence electrons. The second-order valence-electron chi connectivity index (χ2n) is 4.33. The number of ketones is 1. The number of hydrogen-bond acceptors (Lipinski definition) is 2. The molecule has 2 rings (SSSR count). The first-order chi connectivity index (χ1) is 8.59. The van der Waals surface area contributed by atoms with Crippen LogP contribution >= 0.6 is 0 Å². The lowest BCUT2D eigenvalue weighted by atomic mass is 10.0. The van der Waals surface area contributed by atoms with E-state index in [1.165, 1.54) is 6.92 Å². The molecule has 0 aliphatic carbocycles. The van der Waals surface area contributed by atoms with Crippen LogP contribution in [-0.2, 0) is 4.79 Å². The van der Waals surface area contributed by atoms with Crippen molar-refractivity contribution in [1.29, 1.82) is 0 Å². The van der Waals surface area contributed by atoms with Crippen LogP contribution in [0.4, 0.5) is 0 Å². The molecule has 0 heterocycles. The van der Waals surface area contributed by atoms with Gasteiger partial charge in [0.25, 0.3) is 5.91 Å². The summed E-state index contributed by atoms with van der Waals surface area (Å²) < 4.78 is 0. The maximum atomic E-state index is 12.1. The first-order valence-corrected chi connectivity index (χ1v) is 5.88. The van der Waals surface area contributed by atoms with Crippen molar-refractivity contribution in [3.05, 3.63) is 48.0 Å². The minimum Gasteiger partial charge on any atom is -0.343 e. The number of Topliss-reactive ketones (excluding diaryl/α,β-unsaturated/α-hetero) is 1. The largest absolute Gasteiger partial charge is 0.343 e. The summed E-state index contributed by atoms with van der Waals surface area (Å²) in [6, 6.07) is 12.8. The van der Waals surface area contributed by atoms with Gasteiger partial charge in [-0.1, -0.05) is 36.4 Å². The molecule has 1 amide bonds. The van der Waals surface area contributed by atoms with Crippen LogP contribution in [0.1, 0.15) is 24.2 Å². The van der Waals surface area contributed by atoms with E-state index < -0.39 is 6.04 Å². The number of rotatable bonds is 3. The Morgan fingerprint density at radius 2 is 1.72 bits per heavy atom. The molecule has 18 heavy (non-hydrogen) atoms. The number of fused-ring (bicyclic) bond motifs is 1.